The van der Waals surface area contributed by atoms with Gasteiger partial charge in [-0.05, 0) is 43.9 Å². The molecule has 2 aromatic rings. The van der Waals surface area contributed by atoms with Crippen molar-refractivity contribution in [1.29, 1.82) is 0 Å². The predicted molar refractivity (Wildman–Crippen MR) is 122 cm³/mol. The van der Waals surface area contributed by atoms with Crippen molar-refractivity contribution in [1.82, 2.24) is 10.6 Å². The Morgan fingerprint density at radius 1 is 1.07 bits per heavy atom. The zero-order valence-electron chi connectivity index (χ0n) is 17.7. The van der Waals surface area contributed by atoms with Gasteiger partial charge in [0.15, 0.2) is 5.96 Å². The highest BCUT2D eigenvalue weighted by atomic mass is 16.5. The lowest BCUT2D eigenvalue weighted by molar-refractivity contribution is 0.122. The lowest BCUT2D eigenvalue weighted by Gasteiger charge is -2.30. The monoisotopic (exact) mass is 394 g/mol. The lowest BCUT2D eigenvalue weighted by atomic mass is 10.1. The number of benzene rings is 2. The Morgan fingerprint density at radius 2 is 1.79 bits per heavy atom. The Morgan fingerprint density at radius 3 is 2.55 bits per heavy atom. The number of aryl methyl sites for hydroxylation is 1. The maximum atomic E-state index is 5.50. The van der Waals surface area contributed by atoms with Gasteiger partial charge in [-0.1, -0.05) is 48.5 Å². The van der Waals surface area contributed by atoms with Crippen LogP contribution >= 0.6 is 0 Å². The number of ether oxygens (including phenoxy) is 1. The second-order valence-electron chi connectivity index (χ2n) is 7.49. The van der Waals surface area contributed by atoms with Gasteiger partial charge in [0.2, 0.25) is 0 Å². The summed E-state index contributed by atoms with van der Waals surface area (Å²) in [7, 11) is 0. The van der Waals surface area contributed by atoms with Crippen LogP contribution in [0.3, 0.4) is 0 Å². The van der Waals surface area contributed by atoms with E-state index in [-0.39, 0.29) is 0 Å². The van der Waals surface area contributed by atoms with Crippen molar-refractivity contribution in [2.24, 2.45) is 4.99 Å². The second kappa shape index (κ2) is 11.5. The Kier molecular flexibility index (Phi) is 8.38. The summed E-state index contributed by atoms with van der Waals surface area (Å²) in [5, 5.41) is 6.95. The molecule has 0 saturated carbocycles. The first-order chi connectivity index (χ1) is 14.3. The maximum absolute atomic E-state index is 5.50. The first-order valence-corrected chi connectivity index (χ1v) is 10.8. The molecule has 156 valence electrons. The zero-order valence-corrected chi connectivity index (χ0v) is 17.7. The molecule has 2 aromatic carbocycles. The highest BCUT2D eigenvalue weighted by Crippen LogP contribution is 2.22. The van der Waals surface area contributed by atoms with Crippen molar-refractivity contribution in [3.63, 3.8) is 0 Å². The molecule has 5 heteroatoms. The van der Waals surface area contributed by atoms with E-state index < -0.39 is 0 Å². The van der Waals surface area contributed by atoms with Crippen molar-refractivity contribution >= 4 is 11.6 Å². The molecule has 29 heavy (non-hydrogen) atoms. The molecule has 1 unspecified atom stereocenters. The van der Waals surface area contributed by atoms with E-state index in [9.17, 15) is 0 Å². The zero-order chi connectivity index (χ0) is 20.3. The van der Waals surface area contributed by atoms with Gasteiger partial charge in [-0.15, -0.1) is 0 Å². The molecular weight excluding hydrogens is 360 g/mol. The van der Waals surface area contributed by atoms with E-state index in [2.05, 4.69) is 84.0 Å². The number of nitrogens with one attached hydrogen (secondary N) is 2. The standard InChI is InChI=1S/C24H34N4O/c1-3-25-24(27-20(2)13-14-21-9-5-4-6-10-21)26-19-22-11-7-8-12-23(22)28-15-17-29-18-16-28/h4-12,20H,3,13-19H2,1-2H3,(H2,25,26,27). The van der Waals surface area contributed by atoms with Crippen LogP contribution in [0.25, 0.3) is 0 Å². The molecule has 0 spiro atoms. The second-order valence-corrected chi connectivity index (χ2v) is 7.49. The van der Waals surface area contributed by atoms with Crippen LogP contribution in [0.15, 0.2) is 59.6 Å². The van der Waals surface area contributed by atoms with Crippen LogP contribution in [0.1, 0.15) is 31.4 Å². The van der Waals surface area contributed by atoms with Crippen molar-refractivity contribution in [2.75, 3.05) is 37.7 Å². The van der Waals surface area contributed by atoms with E-state index in [1.165, 1.54) is 16.8 Å². The number of rotatable bonds is 8. The van der Waals surface area contributed by atoms with Crippen molar-refractivity contribution in [3.8, 4) is 0 Å². The molecule has 3 rings (SSSR count). The molecule has 0 radical (unpaired) electrons. The summed E-state index contributed by atoms with van der Waals surface area (Å²) in [4.78, 5) is 7.27. The minimum Gasteiger partial charge on any atom is -0.378 e. The normalized spacial score (nSPS) is 15.8. The largest absolute Gasteiger partial charge is 0.378 e. The van der Waals surface area contributed by atoms with Gasteiger partial charge in [-0.25, -0.2) is 4.99 Å². The Hall–Kier alpha value is -2.53. The number of morpholine rings is 1. The van der Waals surface area contributed by atoms with E-state index in [4.69, 9.17) is 9.73 Å². The smallest absolute Gasteiger partial charge is 0.191 e. The maximum Gasteiger partial charge on any atom is 0.191 e. The van der Waals surface area contributed by atoms with Gasteiger partial charge < -0.3 is 20.3 Å². The summed E-state index contributed by atoms with van der Waals surface area (Å²) < 4.78 is 5.50. The number of para-hydroxylation sites is 1. The summed E-state index contributed by atoms with van der Waals surface area (Å²) in [6, 6.07) is 19.6. The first kappa shape index (κ1) is 21.2. The Balaban J connectivity index is 1.60. The highest BCUT2D eigenvalue weighted by Gasteiger charge is 2.14. The number of hydrogen-bond donors (Lipinski definition) is 2. The fraction of sp³-hybridized carbons (Fsp3) is 0.458. The Bertz CT molecular complexity index is 756. The topological polar surface area (TPSA) is 48.9 Å². The third-order valence-corrected chi connectivity index (χ3v) is 5.19. The third kappa shape index (κ3) is 6.79. The fourth-order valence-corrected chi connectivity index (χ4v) is 3.57. The highest BCUT2D eigenvalue weighted by molar-refractivity contribution is 5.80. The SMILES string of the molecule is CCNC(=NCc1ccccc1N1CCOCC1)NC(C)CCc1ccccc1. The molecule has 0 bridgehead atoms. The average Bonchev–Trinajstić information content (AvgIpc) is 2.78. The molecule has 2 N–H and O–H groups in total. The van der Waals surface area contributed by atoms with E-state index in [1.54, 1.807) is 0 Å². The van der Waals surface area contributed by atoms with E-state index in [0.29, 0.717) is 12.6 Å². The average molecular weight is 395 g/mol. The van der Waals surface area contributed by atoms with Gasteiger partial charge in [-0.3, -0.25) is 0 Å². The number of guanidine groups is 1. The molecule has 1 aliphatic rings. The summed E-state index contributed by atoms with van der Waals surface area (Å²) in [6.07, 6.45) is 2.13. The van der Waals surface area contributed by atoms with Gasteiger partial charge in [0.25, 0.3) is 0 Å². The number of hydrogen-bond acceptors (Lipinski definition) is 3. The summed E-state index contributed by atoms with van der Waals surface area (Å²) in [5.74, 6) is 0.879. The molecule has 0 aromatic heterocycles. The van der Waals surface area contributed by atoms with Crippen LogP contribution in [-0.2, 0) is 17.7 Å². The number of anilines is 1. The minimum atomic E-state index is 0.350. The molecule has 1 aliphatic heterocycles. The van der Waals surface area contributed by atoms with Crippen LogP contribution < -0.4 is 15.5 Å². The first-order valence-electron chi connectivity index (χ1n) is 10.8. The lowest BCUT2D eigenvalue weighted by Crippen LogP contribution is -2.42. The van der Waals surface area contributed by atoms with Crippen LogP contribution in [0.5, 0.6) is 0 Å². The molecule has 1 heterocycles. The minimum absolute atomic E-state index is 0.350. The fourth-order valence-electron chi connectivity index (χ4n) is 3.57. The Labute approximate surface area is 175 Å². The molecule has 1 atom stereocenters. The van der Waals surface area contributed by atoms with E-state index in [0.717, 1.165) is 51.6 Å². The molecule has 5 nitrogen and oxygen atoms in total. The molecule has 1 saturated heterocycles. The summed E-state index contributed by atoms with van der Waals surface area (Å²) >= 11 is 0. The van der Waals surface area contributed by atoms with Gasteiger partial charge in [-0.2, -0.15) is 0 Å². The van der Waals surface area contributed by atoms with Crippen molar-refractivity contribution in [3.05, 3.63) is 65.7 Å². The number of aliphatic imine (C=N–C) groups is 1. The van der Waals surface area contributed by atoms with Crippen molar-refractivity contribution in [2.45, 2.75) is 39.3 Å². The number of nitrogens with zero attached hydrogens (tertiary/aromatic N) is 2. The van der Waals surface area contributed by atoms with Crippen LogP contribution in [-0.4, -0.2) is 44.8 Å². The van der Waals surface area contributed by atoms with Gasteiger partial charge in [0, 0.05) is 31.4 Å². The molecule has 1 fully saturated rings. The quantitative estimate of drug-likeness (QED) is 0.531. The summed E-state index contributed by atoms with van der Waals surface area (Å²) in [5.41, 5.74) is 3.90. The predicted octanol–water partition coefficient (Wildman–Crippen LogP) is 3.60. The van der Waals surface area contributed by atoms with Gasteiger partial charge in [0.05, 0.1) is 19.8 Å². The van der Waals surface area contributed by atoms with E-state index in [1.807, 2.05) is 0 Å². The van der Waals surface area contributed by atoms with Crippen LogP contribution in [0.4, 0.5) is 5.69 Å². The van der Waals surface area contributed by atoms with Gasteiger partial charge >= 0.3 is 0 Å². The molecular formula is C24H34N4O. The molecule has 0 amide bonds. The van der Waals surface area contributed by atoms with Gasteiger partial charge in [0.1, 0.15) is 0 Å². The summed E-state index contributed by atoms with van der Waals surface area (Å²) in [6.45, 7) is 9.30. The third-order valence-electron chi connectivity index (χ3n) is 5.19. The van der Waals surface area contributed by atoms with E-state index >= 15 is 0 Å². The van der Waals surface area contributed by atoms with Crippen molar-refractivity contribution < 1.29 is 4.74 Å². The van der Waals surface area contributed by atoms with Crippen LogP contribution in [0.2, 0.25) is 0 Å². The van der Waals surface area contributed by atoms with Crippen LogP contribution in [0, 0.1) is 0 Å². The molecule has 0 aliphatic carbocycles.